The fourth-order valence-corrected chi connectivity index (χ4v) is 5.19. The van der Waals surface area contributed by atoms with E-state index in [9.17, 15) is 9.59 Å². The Morgan fingerprint density at radius 2 is 1.86 bits per heavy atom. The number of hydrogen-bond acceptors (Lipinski definition) is 8. The molecule has 188 valence electrons. The molecule has 1 aromatic heterocycles. The highest BCUT2D eigenvalue weighted by Crippen LogP contribution is 2.32. The number of benzene rings is 2. The number of aromatic nitrogens is 1. The van der Waals surface area contributed by atoms with E-state index >= 15 is 0 Å². The highest BCUT2D eigenvalue weighted by molar-refractivity contribution is 7.07. The molecule has 8 nitrogen and oxygen atoms in total. The highest BCUT2D eigenvalue weighted by Gasteiger charge is 2.33. The first-order valence-electron chi connectivity index (χ1n) is 11.5. The van der Waals surface area contributed by atoms with Crippen LogP contribution in [-0.2, 0) is 9.53 Å². The van der Waals surface area contributed by atoms with Crippen molar-refractivity contribution in [2.45, 2.75) is 19.9 Å². The Bertz CT molecular complexity index is 1500. The molecule has 0 amide bonds. The first-order chi connectivity index (χ1) is 17.3. The number of rotatable bonds is 7. The van der Waals surface area contributed by atoms with E-state index in [1.165, 1.54) is 11.3 Å². The minimum Gasteiger partial charge on any atom is -0.497 e. The van der Waals surface area contributed by atoms with Gasteiger partial charge in [0, 0.05) is 25.3 Å². The number of hydrogen-bond donors (Lipinski definition) is 0. The maximum Gasteiger partial charge on any atom is 0.338 e. The summed E-state index contributed by atoms with van der Waals surface area (Å²) in [5.41, 5.74) is 3.14. The smallest absolute Gasteiger partial charge is 0.338 e. The summed E-state index contributed by atoms with van der Waals surface area (Å²) >= 11 is 1.26. The lowest BCUT2D eigenvalue weighted by Gasteiger charge is -2.25. The number of nitrogens with zero attached hydrogens (tertiary/aromatic N) is 3. The molecule has 3 aromatic rings. The molecule has 0 fully saturated rings. The number of fused-ring (bicyclic) bond motifs is 1. The molecule has 0 saturated heterocycles. The SMILES string of the molecule is CCOC(=O)C1=C(C)N=c2s/c(=C\c3cc(OC)ccc3OC)c(=O)n2[C@@H]1c1ccc(N(C)C)cc1. The van der Waals surface area contributed by atoms with E-state index < -0.39 is 12.0 Å². The van der Waals surface area contributed by atoms with Gasteiger partial charge >= 0.3 is 5.97 Å². The van der Waals surface area contributed by atoms with E-state index in [1.54, 1.807) is 50.8 Å². The second kappa shape index (κ2) is 10.4. The van der Waals surface area contributed by atoms with Crippen molar-refractivity contribution in [2.75, 3.05) is 39.8 Å². The zero-order valence-electron chi connectivity index (χ0n) is 21.2. The number of ether oxygens (including phenoxy) is 3. The van der Waals surface area contributed by atoms with Gasteiger partial charge in [-0.25, -0.2) is 9.79 Å². The lowest BCUT2D eigenvalue weighted by atomic mass is 9.95. The average molecular weight is 508 g/mol. The fourth-order valence-electron chi connectivity index (χ4n) is 4.16. The van der Waals surface area contributed by atoms with Gasteiger partial charge in [-0.3, -0.25) is 9.36 Å². The summed E-state index contributed by atoms with van der Waals surface area (Å²) in [5, 5.41) is 0. The van der Waals surface area contributed by atoms with Crippen molar-refractivity contribution >= 4 is 29.1 Å². The molecule has 2 heterocycles. The fraction of sp³-hybridized carbons (Fsp3) is 0.296. The van der Waals surface area contributed by atoms with Crippen molar-refractivity contribution in [2.24, 2.45) is 4.99 Å². The standard InChI is InChI=1S/C27H29N3O5S/c1-7-35-26(32)23-16(2)28-27-30(24(23)17-8-10-19(11-9-17)29(3)4)25(31)22(36-27)15-18-14-20(33-5)12-13-21(18)34-6/h8-15,24H,7H2,1-6H3/b22-15-/t24-/m1/s1. The number of anilines is 1. The lowest BCUT2D eigenvalue weighted by molar-refractivity contribution is -0.139. The Morgan fingerprint density at radius 1 is 1.14 bits per heavy atom. The molecule has 9 heteroatoms. The Balaban J connectivity index is 1.95. The third-order valence-electron chi connectivity index (χ3n) is 5.97. The molecule has 0 unspecified atom stereocenters. The number of carbonyl (C=O) groups excluding carboxylic acids is 1. The summed E-state index contributed by atoms with van der Waals surface area (Å²) < 4.78 is 18.2. The van der Waals surface area contributed by atoms with Gasteiger partial charge in [0.1, 0.15) is 11.5 Å². The summed E-state index contributed by atoms with van der Waals surface area (Å²) in [5.74, 6) is 0.777. The number of methoxy groups -OCH3 is 2. The summed E-state index contributed by atoms with van der Waals surface area (Å²) in [6.45, 7) is 3.75. The lowest BCUT2D eigenvalue weighted by Crippen LogP contribution is -2.40. The van der Waals surface area contributed by atoms with Gasteiger partial charge in [0.2, 0.25) is 0 Å². The van der Waals surface area contributed by atoms with Crippen LogP contribution in [0.4, 0.5) is 5.69 Å². The molecule has 0 saturated carbocycles. The van der Waals surface area contributed by atoms with Gasteiger partial charge < -0.3 is 19.1 Å². The molecule has 0 N–H and O–H groups in total. The third-order valence-corrected chi connectivity index (χ3v) is 6.95. The molecule has 1 aliphatic heterocycles. The molecule has 0 radical (unpaired) electrons. The van der Waals surface area contributed by atoms with Crippen molar-refractivity contribution in [3.63, 3.8) is 0 Å². The van der Waals surface area contributed by atoms with Crippen LogP contribution in [0.25, 0.3) is 6.08 Å². The van der Waals surface area contributed by atoms with Crippen LogP contribution >= 0.6 is 11.3 Å². The normalized spacial score (nSPS) is 15.3. The van der Waals surface area contributed by atoms with Crippen molar-refractivity contribution in [3.05, 3.63) is 84.5 Å². The molecular formula is C27H29N3O5S. The summed E-state index contributed by atoms with van der Waals surface area (Å²) in [4.78, 5) is 34.0. The van der Waals surface area contributed by atoms with Crippen LogP contribution in [0.1, 0.15) is 31.0 Å². The van der Waals surface area contributed by atoms with Crippen molar-refractivity contribution < 1.29 is 19.0 Å². The maximum absolute atomic E-state index is 13.8. The second-order valence-electron chi connectivity index (χ2n) is 8.40. The van der Waals surface area contributed by atoms with Crippen LogP contribution in [0.5, 0.6) is 11.5 Å². The second-order valence-corrected chi connectivity index (χ2v) is 9.41. The Labute approximate surface area is 213 Å². The van der Waals surface area contributed by atoms with Gasteiger partial charge in [-0.15, -0.1) is 0 Å². The largest absolute Gasteiger partial charge is 0.497 e. The monoisotopic (exact) mass is 507 g/mol. The number of carbonyl (C=O) groups is 1. The van der Waals surface area contributed by atoms with Crippen LogP contribution in [-0.4, -0.2) is 45.5 Å². The van der Waals surface area contributed by atoms with Crippen LogP contribution in [0.15, 0.2) is 63.5 Å². The Kier molecular flexibility index (Phi) is 7.30. The van der Waals surface area contributed by atoms with Gasteiger partial charge in [0.15, 0.2) is 4.80 Å². The number of thiazole rings is 1. The maximum atomic E-state index is 13.8. The molecular weight excluding hydrogens is 478 g/mol. The number of esters is 1. The van der Waals surface area contributed by atoms with E-state index in [2.05, 4.69) is 4.99 Å². The van der Waals surface area contributed by atoms with Crippen LogP contribution < -0.4 is 29.3 Å². The quantitative estimate of drug-likeness (QED) is 0.458. The molecule has 0 aliphatic carbocycles. The van der Waals surface area contributed by atoms with Gasteiger partial charge in [-0.2, -0.15) is 0 Å². The molecule has 2 aromatic carbocycles. The van der Waals surface area contributed by atoms with Crippen LogP contribution in [0.3, 0.4) is 0 Å². The van der Waals surface area contributed by atoms with E-state index in [0.29, 0.717) is 37.7 Å². The zero-order chi connectivity index (χ0) is 26.0. The molecule has 36 heavy (non-hydrogen) atoms. The first kappa shape index (κ1) is 25.2. The topological polar surface area (TPSA) is 82.4 Å². The van der Waals surface area contributed by atoms with Gasteiger partial charge in [0.05, 0.1) is 42.7 Å². The average Bonchev–Trinajstić information content (AvgIpc) is 3.17. The van der Waals surface area contributed by atoms with Crippen LogP contribution in [0, 0.1) is 0 Å². The summed E-state index contributed by atoms with van der Waals surface area (Å²) in [7, 11) is 7.08. The van der Waals surface area contributed by atoms with E-state index in [1.807, 2.05) is 49.3 Å². The molecule has 4 rings (SSSR count). The first-order valence-corrected chi connectivity index (χ1v) is 12.3. The van der Waals surface area contributed by atoms with E-state index in [0.717, 1.165) is 11.3 Å². The van der Waals surface area contributed by atoms with E-state index in [-0.39, 0.29) is 12.2 Å². The minimum atomic E-state index is -0.661. The predicted molar refractivity (Wildman–Crippen MR) is 141 cm³/mol. The summed E-state index contributed by atoms with van der Waals surface area (Å²) in [6.07, 6.45) is 1.76. The highest BCUT2D eigenvalue weighted by atomic mass is 32.1. The summed E-state index contributed by atoms with van der Waals surface area (Å²) in [6, 6.07) is 12.5. The third kappa shape index (κ3) is 4.66. The Hall–Kier alpha value is -3.85. The van der Waals surface area contributed by atoms with Crippen molar-refractivity contribution in [1.82, 2.24) is 4.57 Å². The van der Waals surface area contributed by atoms with Gasteiger partial charge in [-0.05, 0) is 55.8 Å². The molecule has 1 atom stereocenters. The molecule has 1 aliphatic rings. The minimum absolute atomic E-state index is 0.224. The molecule has 0 spiro atoms. The van der Waals surface area contributed by atoms with Gasteiger partial charge in [-0.1, -0.05) is 23.5 Å². The van der Waals surface area contributed by atoms with Gasteiger partial charge in [0.25, 0.3) is 5.56 Å². The van der Waals surface area contributed by atoms with E-state index in [4.69, 9.17) is 14.2 Å². The zero-order valence-corrected chi connectivity index (χ0v) is 22.0. The molecule has 0 bridgehead atoms. The van der Waals surface area contributed by atoms with Crippen LogP contribution in [0.2, 0.25) is 0 Å². The predicted octanol–water partition coefficient (Wildman–Crippen LogP) is 2.88. The van der Waals surface area contributed by atoms with Crippen molar-refractivity contribution in [3.8, 4) is 11.5 Å². The number of allylic oxidation sites excluding steroid dienone is 1. The van der Waals surface area contributed by atoms with Crippen molar-refractivity contribution in [1.29, 1.82) is 0 Å². The Morgan fingerprint density at radius 3 is 2.47 bits per heavy atom.